The van der Waals surface area contributed by atoms with Crippen molar-refractivity contribution >= 4 is 5.69 Å². The molecule has 52 valence electrons. The Hall–Kier alpha value is -1.38. The van der Waals surface area contributed by atoms with Crippen LogP contribution in [0.15, 0.2) is 24.2 Å². The predicted molar refractivity (Wildman–Crippen MR) is 37.8 cm³/mol. The molecule has 3 nitrogen and oxygen atoms in total. The summed E-state index contributed by atoms with van der Waals surface area (Å²) < 4.78 is 50.6. The Labute approximate surface area is 68.3 Å². The number of nitro groups is 1. The molecule has 0 bridgehead atoms. The van der Waals surface area contributed by atoms with Crippen molar-refractivity contribution in [2.24, 2.45) is 0 Å². The minimum atomic E-state index is -2.85. The van der Waals surface area contributed by atoms with Crippen LogP contribution in [0.4, 0.5) is 5.69 Å². The Morgan fingerprint density at radius 2 is 2.20 bits per heavy atom. The second-order valence-electron chi connectivity index (χ2n) is 1.48. The number of nitro benzene ring substituents is 1. The van der Waals surface area contributed by atoms with Crippen LogP contribution in [0.1, 0.15) is 15.2 Å². The third-order valence-corrected chi connectivity index (χ3v) is 0.794. The maximum Gasteiger partial charge on any atom is 0.269 e. The molecule has 1 rings (SSSR count). The van der Waals surface area contributed by atoms with Crippen LogP contribution in [0.25, 0.3) is 0 Å². The van der Waals surface area contributed by atoms with E-state index in [1.807, 2.05) is 0 Å². The van der Waals surface area contributed by atoms with E-state index in [0.29, 0.717) is 0 Å². The molecular formula is C7H7NO2. The topological polar surface area (TPSA) is 43.1 Å². The molecule has 0 aliphatic rings. The maximum absolute atomic E-state index is 10.6. The number of rotatable bonds is 1. The van der Waals surface area contributed by atoms with Crippen molar-refractivity contribution in [1.29, 1.82) is 0 Å². The summed E-state index contributed by atoms with van der Waals surface area (Å²) in [6, 6.07) is -3.72. The number of benzene rings is 1. The van der Waals surface area contributed by atoms with Gasteiger partial charge < -0.3 is 0 Å². The zero-order chi connectivity index (χ0) is 13.5. The van der Waals surface area contributed by atoms with Gasteiger partial charge in [-0.1, -0.05) is 17.6 Å². The van der Waals surface area contributed by atoms with Gasteiger partial charge in [0, 0.05) is 16.2 Å². The van der Waals surface area contributed by atoms with Crippen molar-refractivity contribution in [3.63, 3.8) is 0 Å². The highest BCUT2D eigenvalue weighted by Crippen LogP contribution is 2.10. The lowest BCUT2D eigenvalue weighted by atomic mass is 10.2. The van der Waals surface area contributed by atoms with Crippen LogP contribution < -0.4 is 0 Å². The molecule has 0 amide bonds. The van der Waals surface area contributed by atoms with Gasteiger partial charge in [0.25, 0.3) is 5.69 Å². The van der Waals surface area contributed by atoms with Crippen LogP contribution in [0.3, 0.4) is 0 Å². The first-order chi connectivity index (χ1) is 7.59. The minimum Gasteiger partial charge on any atom is -0.258 e. The summed E-state index contributed by atoms with van der Waals surface area (Å²) in [6.07, 6.45) is 0. The summed E-state index contributed by atoms with van der Waals surface area (Å²) >= 11 is 0. The van der Waals surface area contributed by atoms with Gasteiger partial charge in [-0.25, -0.2) is 0 Å². The molecule has 0 aromatic heterocycles. The SMILES string of the molecule is [2H]c1c([2H])c(C([2H])([2H])[2H])c([2H])c([2H])c1[15N+](=O)[O-]. The van der Waals surface area contributed by atoms with Crippen LogP contribution >= 0.6 is 0 Å². The molecule has 0 aliphatic carbocycles. The van der Waals surface area contributed by atoms with Crippen LogP contribution in [-0.4, -0.2) is 4.92 Å². The molecule has 0 saturated heterocycles. The van der Waals surface area contributed by atoms with Gasteiger partial charge in [-0.2, -0.15) is 0 Å². The molecule has 3 heteroatoms. The van der Waals surface area contributed by atoms with Gasteiger partial charge in [-0.05, 0) is 6.85 Å². The fourth-order valence-electron chi connectivity index (χ4n) is 0.397. The van der Waals surface area contributed by atoms with E-state index in [9.17, 15) is 10.1 Å². The molecule has 0 unspecified atom stereocenters. The third-order valence-electron chi connectivity index (χ3n) is 0.794. The predicted octanol–water partition coefficient (Wildman–Crippen LogP) is 1.90. The Morgan fingerprint density at radius 1 is 1.60 bits per heavy atom. The number of hydrogen-bond acceptors (Lipinski definition) is 2. The molecule has 1 aromatic carbocycles. The summed E-state index contributed by atoms with van der Waals surface area (Å²) in [6.45, 7) is -2.85. The molecular weight excluding hydrogens is 131 g/mol. The normalized spacial score (nSPS) is 20.6. The van der Waals surface area contributed by atoms with Crippen LogP contribution in [0.2, 0.25) is 0 Å². The Kier molecular flexibility index (Phi) is 0.507. The van der Waals surface area contributed by atoms with Gasteiger partial charge in [-0.3, -0.25) is 10.1 Å². The van der Waals surface area contributed by atoms with E-state index in [1.165, 1.54) is 0 Å². The van der Waals surface area contributed by atoms with Gasteiger partial charge in [0.2, 0.25) is 0 Å². The average Bonchev–Trinajstić information content (AvgIpc) is 2.12. The number of nitrogens with zero attached hydrogens (tertiary/aromatic N) is 1. The molecule has 0 atom stereocenters. The first kappa shape index (κ1) is 2.05. The molecule has 1 aromatic rings. The first-order valence-electron chi connectivity index (χ1n) is 5.84. The van der Waals surface area contributed by atoms with E-state index in [1.54, 1.807) is 0 Å². The summed E-state index contributed by atoms with van der Waals surface area (Å²) in [5.74, 6) is 0. The smallest absolute Gasteiger partial charge is 0.258 e. The van der Waals surface area contributed by atoms with E-state index in [-0.39, 0.29) is 0 Å². The van der Waals surface area contributed by atoms with Crippen molar-refractivity contribution in [2.75, 3.05) is 0 Å². The maximum atomic E-state index is 10.6. The molecule has 10 heavy (non-hydrogen) atoms. The van der Waals surface area contributed by atoms with E-state index in [4.69, 9.17) is 9.60 Å². The summed E-state index contributed by atoms with van der Waals surface area (Å²) in [7, 11) is 0. The van der Waals surface area contributed by atoms with Gasteiger partial charge in [0.15, 0.2) is 0 Å². The van der Waals surface area contributed by atoms with Gasteiger partial charge in [0.05, 0.1) is 10.4 Å². The lowest BCUT2D eigenvalue weighted by molar-refractivity contribution is -0.384. The van der Waals surface area contributed by atoms with E-state index < -0.39 is 47.2 Å². The minimum absolute atomic E-state index is 0.807. The highest BCUT2D eigenvalue weighted by Gasteiger charge is 2.00. The van der Waals surface area contributed by atoms with Gasteiger partial charge >= 0.3 is 0 Å². The molecule has 0 N–H and O–H groups in total. The van der Waals surface area contributed by atoms with Crippen LogP contribution in [0, 0.1) is 17.0 Å². The van der Waals surface area contributed by atoms with Gasteiger partial charge in [-0.15, -0.1) is 0 Å². The molecule has 0 radical (unpaired) electrons. The van der Waals surface area contributed by atoms with Crippen molar-refractivity contribution in [3.05, 3.63) is 39.8 Å². The standard InChI is InChI=1S/C7H7NO2/c1-6-2-4-7(5-3-6)8(9)10/h2-5H,1H3/i1D3,2D,3D,4D,5D,8+1. The number of hydrogen-bond donors (Lipinski definition) is 0. The molecule has 0 fully saturated rings. The lowest BCUT2D eigenvalue weighted by Crippen LogP contribution is -1.86. The van der Waals surface area contributed by atoms with Crippen molar-refractivity contribution in [2.45, 2.75) is 6.85 Å². The monoisotopic (exact) mass is 145 g/mol. The van der Waals surface area contributed by atoms with Crippen molar-refractivity contribution < 1.29 is 14.5 Å². The molecule has 0 aliphatic heterocycles. The molecule has 0 saturated carbocycles. The zero-order valence-electron chi connectivity index (χ0n) is 11.8. The highest BCUT2D eigenvalue weighted by molar-refractivity contribution is 5.31. The molecule has 0 spiro atoms. The third kappa shape index (κ3) is 1.31. The Morgan fingerprint density at radius 3 is 2.60 bits per heavy atom. The van der Waals surface area contributed by atoms with E-state index >= 15 is 0 Å². The van der Waals surface area contributed by atoms with E-state index in [0.717, 1.165) is 0 Å². The Bertz CT molecular complexity index is 467. The summed E-state index contributed by atoms with van der Waals surface area (Å²) in [5, 5.41) is 10.6. The average molecular weight is 145 g/mol. The van der Waals surface area contributed by atoms with E-state index in [2.05, 4.69) is 0 Å². The largest absolute Gasteiger partial charge is 0.269 e. The second-order valence-corrected chi connectivity index (χ2v) is 1.48. The zero-order valence-corrected chi connectivity index (χ0v) is 4.76. The molecule has 0 heterocycles. The van der Waals surface area contributed by atoms with Gasteiger partial charge in [0.1, 0.15) is 0 Å². The van der Waals surface area contributed by atoms with Crippen molar-refractivity contribution in [3.8, 4) is 0 Å². The van der Waals surface area contributed by atoms with Crippen LogP contribution in [0.5, 0.6) is 0 Å². The summed E-state index contributed by atoms with van der Waals surface area (Å²) in [4.78, 5) is 9.50. The second kappa shape index (κ2) is 2.47. The highest BCUT2D eigenvalue weighted by atomic mass is 16.9. The van der Waals surface area contributed by atoms with Crippen LogP contribution in [-0.2, 0) is 0 Å². The fraction of sp³-hybridized carbons (Fsp3) is 0.143. The van der Waals surface area contributed by atoms with Crippen molar-refractivity contribution in [1.82, 2.24) is 0 Å². The first-order valence-corrected chi connectivity index (χ1v) is 2.34. The quantitative estimate of drug-likeness (QED) is 0.344. The Balaban J connectivity index is 3.77. The summed E-state index contributed by atoms with van der Waals surface area (Å²) in [5.41, 5.74) is -1.83. The lowest BCUT2D eigenvalue weighted by Gasteiger charge is -1.90. The fourth-order valence-corrected chi connectivity index (χ4v) is 0.397.